The molecular formula is C19H26Cl2N4O2. The van der Waals surface area contributed by atoms with Crippen LogP contribution < -0.4 is 5.32 Å². The van der Waals surface area contributed by atoms with E-state index in [0.29, 0.717) is 41.9 Å². The fraction of sp³-hybridized carbons (Fsp3) is 0.526. The Morgan fingerprint density at radius 2 is 2.15 bits per heavy atom. The molecule has 0 aliphatic carbocycles. The first-order valence-corrected chi connectivity index (χ1v) is 9.54. The molecule has 148 valence electrons. The van der Waals surface area contributed by atoms with E-state index in [-0.39, 0.29) is 18.3 Å². The van der Waals surface area contributed by atoms with Gasteiger partial charge in [0.05, 0.1) is 0 Å². The Hall–Kier alpha value is -1.63. The molecule has 1 fully saturated rings. The number of hydrogen-bond acceptors (Lipinski definition) is 5. The summed E-state index contributed by atoms with van der Waals surface area (Å²) in [5.41, 5.74) is 0.865. The molecule has 8 heteroatoms. The fourth-order valence-electron chi connectivity index (χ4n) is 3.37. The van der Waals surface area contributed by atoms with Gasteiger partial charge >= 0.3 is 0 Å². The molecule has 1 aromatic heterocycles. The summed E-state index contributed by atoms with van der Waals surface area (Å²) in [7, 11) is 1.96. The summed E-state index contributed by atoms with van der Waals surface area (Å²) in [5.74, 6) is 1.90. The molecule has 1 aliphatic rings. The number of amides is 1. The number of halogens is 2. The molecule has 2 heterocycles. The van der Waals surface area contributed by atoms with Gasteiger partial charge in [0, 0.05) is 36.5 Å². The summed E-state index contributed by atoms with van der Waals surface area (Å²) in [6.45, 7) is 2.71. The first-order valence-electron chi connectivity index (χ1n) is 9.16. The zero-order chi connectivity index (χ0) is 18.4. The van der Waals surface area contributed by atoms with E-state index in [1.807, 2.05) is 24.1 Å². The number of carbonyl (C=O) groups excluding carboxylic acids is 1. The Balaban J connectivity index is 0.00000261. The molecule has 0 radical (unpaired) electrons. The molecule has 1 saturated heterocycles. The number of nitrogens with one attached hydrogen (secondary N) is 1. The van der Waals surface area contributed by atoms with E-state index in [1.165, 1.54) is 6.42 Å². The van der Waals surface area contributed by atoms with E-state index in [1.54, 1.807) is 12.1 Å². The van der Waals surface area contributed by atoms with Crippen molar-refractivity contribution in [3.8, 4) is 11.4 Å². The average molecular weight is 413 g/mol. The van der Waals surface area contributed by atoms with Crippen molar-refractivity contribution in [1.29, 1.82) is 0 Å². The van der Waals surface area contributed by atoms with E-state index in [4.69, 9.17) is 16.1 Å². The number of likely N-dealkylation sites (tertiary alicyclic amines) is 1. The molecule has 1 N–H and O–H groups in total. The normalized spacial score (nSPS) is 16.8. The van der Waals surface area contributed by atoms with Crippen LogP contribution in [-0.4, -0.2) is 47.6 Å². The molecule has 2 aromatic rings. The summed E-state index contributed by atoms with van der Waals surface area (Å²) < 4.78 is 5.30. The molecule has 1 unspecified atom stereocenters. The van der Waals surface area contributed by atoms with Gasteiger partial charge in [-0.25, -0.2) is 0 Å². The molecule has 1 aromatic carbocycles. The van der Waals surface area contributed by atoms with Crippen molar-refractivity contribution in [2.45, 2.75) is 32.1 Å². The van der Waals surface area contributed by atoms with Gasteiger partial charge in [-0.2, -0.15) is 4.98 Å². The van der Waals surface area contributed by atoms with Gasteiger partial charge in [0.25, 0.3) is 0 Å². The third-order valence-electron chi connectivity index (χ3n) is 4.72. The Bertz CT molecular complexity index is 719. The number of carbonyl (C=O) groups is 1. The number of benzene rings is 1. The summed E-state index contributed by atoms with van der Waals surface area (Å²) in [6, 6.07) is 7.31. The van der Waals surface area contributed by atoms with Crippen LogP contribution in [0.3, 0.4) is 0 Å². The van der Waals surface area contributed by atoms with Crippen LogP contribution in [0.4, 0.5) is 0 Å². The third-order valence-corrected chi connectivity index (χ3v) is 4.97. The highest BCUT2D eigenvalue weighted by Gasteiger charge is 2.22. The smallest absolute Gasteiger partial charge is 0.226 e. The summed E-state index contributed by atoms with van der Waals surface area (Å²) in [4.78, 5) is 18.8. The zero-order valence-corrected chi connectivity index (χ0v) is 17.1. The van der Waals surface area contributed by atoms with E-state index < -0.39 is 0 Å². The van der Waals surface area contributed by atoms with E-state index in [2.05, 4.69) is 15.5 Å². The monoisotopic (exact) mass is 412 g/mol. The lowest BCUT2D eigenvalue weighted by atomic mass is 9.97. The SMILES string of the molecule is CNCC1CCCN(C(=O)CCCc2nc(-c3ccc(Cl)cc3)no2)C1.Cl. The van der Waals surface area contributed by atoms with Crippen LogP contribution in [0.5, 0.6) is 0 Å². The second-order valence-corrected chi connectivity index (χ2v) is 7.21. The van der Waals surface area contributed by atoms with Gasteiger partial charge in [0.1, 0.15) is 0 Å². The van der Waals surface area contributed by atoms with Crippen LogP contribution >= 0.6 is 24.0 Å². The minimum Gasteiger partial charge on any atom is -0.342 e. The molecule has 0 bridgehead atoms. The molecule has 1 aliphatic heterocycles. The van der Waals surface area contributed by atoms with E-state index in [0.717, 1.165) is 31.6 Å². The fourth-order valence-corrected chi connectivity index (χ4v) is 3.49. The number of aryl methyl sites for hydroxylation is 1. The van der Waals surface area contributed by atoms with Crippen LogP contribution in [0.15, 0.2) is 28.8 Å². The van der Waals surface area contributed by atoms with Crippen molar-refractivity contribution in [3.63, 3.8) is 0 Å². The van der Waals surface area contributed by atoms with Gasteiger partial charge in [-0.05, 0) is 63.0 Å². The van der Waals surface area contributed by atoms with Gasteiger partial charge in [-0.3, -0.25) is 4.79 Å². The number of hydrogen-bond donors (Lipinski definition) is 1. The van der Waals surface area contributed by atoms with Gasteiger partial charge in [0.15, 0.2) is 0 Å². The van der Waals surface area contributed by atoms with Crippen molar-refractivity contribution >= 4 is 29.9 Å². The van der Waals surface area contributed by atoms with Crippen LogP contribution in [0.25, 0.3) is 11.4 Å². The van der Waals surface area contributed by atoms with Crippen LogP contribution in [-0.2, 0) is 11.2 Å². The minimum atomic E-state index is 0. The number of piperidine rings is 1. The molecule has 1 atom stereocenters. The van der Waals surface area contributed by atoms with Gasteiger partial charge in [0.2, 0.25) is 17.6 Å². The summed E-state index contributed by atoms with van der Waals surface area (Å²) in [5, 5.41) is 7.88. The maximum Gasteiger partial charge on any atom is 0.226 e. The lowest BCUT2D eigenvalue weighted by Crippen LogP contribution is -2.42. The number of rotatable bonds is 7. The molecule has 1 amide bonds. The Morgan fingerprint density at radius 3 is 2.89 bits per heavy atom. The van der Waals surface area contributed by atoms with Crippen molar-refractivity contribution in [3.05, 3.63) is 35.2 Å². The topological polar surface area (TPSA) is 71.3 Å². The van der Waals surface area contributed by atoms with Crippen molar-refractivity contribution in [1.82, 2.24) is 20.4 Å². The number of nitrogens with zero attached hydrogens (tertiary/aromatic N) is 3. The molecular weight excluding hydrogens is 387 g/mol. The zero-order valence-electron chi connectivity index (χ0n) is 15.5. The maximum absolute atomic E-state index is 12.4. The van der Waals surface area contributed by atoms with Crippen LogP contribution in [0.1, 0.15) is 31.6 Å². The molecule has 6 nitrogen and oxygen atoms in total. The Kier molecular flexibility index (Phi) is 8.54. The third kappa shape index (κ3) is 6.19. The van der Waals surface area contributed by atoms with Gasteiger partial charge in [-0.1, -0.05) is 16.8 Å². The van der Waals surface area contributed by atoms with Crippen LogP contribution in [0.2, 0.25) is 5.02 Å². The Labute approximate surface area is 171 Å². The Morgan fingerprint density at radius 1 is 1.37 bits per heavy atom. The lowest BCUT2D eigenvalue weighted by Gasteiger charge is -2.32. The average Bonchev–Trinajstić information content (AvgIpc) is 3.12. The van der Waals surface area contributed by atoms with Crippen LogP contribution in [0, 0.1) is 5.92 Å². The first-order chi connectivity index (χ1) is 12.7. The molecule has 27 heavy (non-hydrogen) atoms. The van der Waals surface area contributed by atoms with E-state index >= 15 is 0 Å². The molecule has 0 spiro atoms. The molecule has 3 rings (SSSR count). The first kappa shape index (κ1) is 21.7. The predicted molar refractivity (Wildman–Crippen MR) is 108 cm³/mol. The second-order valence-electron chi connectivity index (χ2n) is 6.78. The minimum absolute atomic E-state index is 0. The van der Waals surface area contributed by atoms with Crippen molar-refractivity contribution in [2.75, 3.05) is 26.7 Å². The summed E-state index contributed by atoms with van der Waals surface area (Å²) in [6.07, 6.45) is 4.13. The van der Waals surface area contributed by atoms with Gasteiger partial charge < -0.3 is 14.7 Å². The standard InChI is InChI=1S/C19H25ClN4O2.ClH/c1-21-12-14-4-3-11-24(13-14)18(25)6-2-5-17-22-19(23-26-17)15-7-9-16(20)10-8-15;/h7-10,14,21H,2-6,11-13H2,1H3;1H. The molecule has 0 saturated carbocycles. The lowest BCUT2D eigenvalue weighted by molar-refractivity contribution is -0.133. The van der Waals surface area contributed by atoms with Gasteiger partial charge in [-0.15, -0.1) is 12.4 Å². The second kappa shape index (κ2) is 10.6. The maximum atomic E-state index is 12.4. The highest BCUT2D eigenvalue weighted by atomic mass is 35.5. The predicted octanol–water partition coefficient (Wildman–Crippen LogP) is 3.59. The quantitative estimate of drug-likeness (QED) is 0.751. The van der Waals surface area contributed by atoms with E-state index in [9.17, 15) is 4.79 Å². The largest absolute Gasteiger partial charge is 0.342 e. The number of aromatic nitrogens is 2. The highest BCUT2D eigenvalue weighted by Crippen LogP contribution is 2.20. The highest BCUT2D eigenvalue weighted by molar-refractivity contribution is 6.30. The van der Waals surface area contributed by atoms with Crippen molar-refractivity contribution < 1.29 is 9.32 Å². The van der Waals surface area contributed by atoms with Crippen molar-refractivity contribution in [2.24, 2.45) is 5.92 Å². The summed E-state index contributed by atoms with van der Waals surface area (Å²) >= 11 is 5.89.